The van der Waals surface area contributed by atoms with Crippen molar-refractivity contribution in [3.05, 3.63) is 40.7 Å². The summed E-state index contributed by atoms with van der Waals surface area (Å²) < 4.78 is 5.50. The molecule has 1 aromatic carbocycles. The Morgan fingerprint density at radius 2 is 1.95 bits per heavy atom. The van der Waals surface area contributed by atoms with Crippen LogP contribution in [0.15, 0.2) is 30.6 Å². The van der Waals surface area contributed by atoms with Crippen molar-refractivity contribution < 1.29 is 9.66 Å². The minimum Gasteiger partial charge on any atom is -0.492 e. The van der Waals surface area contributed by atoms with Crippen molar-refractivity contribution in [1.82, 2.24) is 9.97 Å². The van der Waals surface area contributed by atoms with E-state index in [0.29, 0.717) is 24.6 Å². The van der Waals surface area contributed by atoms with Gasteiger partial charge in [-0.3, -0.25) is 10.1 Å². The van der Waals surface area contributed by atoms with Crippen molar-refractivity contribution in [2.45, 2.75) is 13.8 Å². The number of ether oxygens (including phenoxy) is 1. The summed E-state index contributed by atoms with van der Waals surface area (Å²) >= 11 is 0. The SMILES string of the molecule is CCNc1ncnc(Nc2ccccc2OCC)c1[N+](=O)[O-]. The summed E-state index contributed by atoms with van der Waals surface area (Å²) in [5.74, 6) is 0.893. The molecule has 0 bridgehead atoms. The molecule has 0 fully saturated rings. The van der Waals surface area contributed by atoms with E-state index in [9.17, 15) is 10.1 Å². The number of anilines is 3. The largest absolute Gasteiger partial charge is 0.492 e. The molecule has 0 atom stereocenters. The summed E-state index contributed by atoms with van der Waals surface area (Å²) in [5, 5.41) is 17.1. The average molecular weight is 303 g/mol. The highest BCUT2D eigenvalue weighted by molar-refractivity contribution is 5.75. The second-order valence-corrected chi connectivity index (χ2v) is 4.26. The highest BCUT2D eigenvalue weighted by Crippen LogP contribution is 2.34. The minimum atomic E-state index is -0.510. The Labute approximate surface area is 127 Å². The molecule has 0 saturated carbocycles. The Morgan fingerprint density at radius 3 is 2.64 bits per heavy atom. The Kier molecular flexibility index (Phi) is 5.07. The number of para-hydroxylation sites is 2. The molecule has 0 radical (unpaired) electrons. The van der Waals surface area contributed by atoms with Crippen LogP contribution in [0.4, 0.5) is 23.0 Å². The molecule has 0 aliphatic carbocycles. The van der Waals surface area contributed by atoms with E-state index in [4.69, 9.17) is 4.74 Å². The van der Waals surface area contributed by atoms with E-state index in [0.717, 1.165) is 0 Å². The molecule has 22 heavy (non-hydrogen) atoms. The average Bonchev–Trinajstić information content (AvgIpc) is 2.50. The van der Waals surface area contributed by atoms with E-state index >= 15 is 0 Å². The summed E-state index contributed by atoms with van der Waals surface area (Å²) in [6.45, 7) is 4.72. The van der Waals surface area contributed by atoms with Crippen LogP contribution in [0, 0.1) is 10.1 Å². The molecule has 2 N–H and O–H groups in total. The molecule has 2 rings (SSSR count). The standard InChI is InChI=1S/C14H17N5O3/c1-3-15-13-12(19(20)21)14(17-9-16-13)18-10-7-5-6-8-11(10)22-4-2/h5-9H,3-4H2,1-2H3,(H2,15,16,17,18). The van der Waals surface area contributed by atoms with Gasteiger partial charge >= 0.3 is 5.69 Å². The molecular weight excluding hydrogens is 286 g/mol. The van der Waals surface area contributed by atoms with Crippen LogP contribution in [0.5, 0.6) is 5.75 Å². The lowest BCUT2D eigenvalue weighted by Gasteiger charge is -2.12. The Hall–Kier alpha value is -2.90. The summed E-state index contributed by atoms with van der Waals surface area (Å²) in [6, 6.07) is 7.19. The zero-order chi connectivity index (χ0) is 15.9. The topological polar surface area (TPSA) is 102 Å². The van der Waals surface area contributed by atoms with Gasteiger partial charge in [-0.1, -0.05) is 12.1 Å². The van der Waals surface area contributed by atoms with E-state index in [1.54, 1.807) is 12.1 Å². The van der Waals surface area contributed by atoms with Crippen LogP contribution in [-0.2, 0) is 0 Å². The molecule has 1 heterocycles. The lowest BCUT2D eigenvalue weighted by molar-refractivity contribution is -0.383. The molecule has 8 nitrogen and oxygen atoms in total. The van der Waals surface area contributed by atoms with Gasteiger partial charge in [0.15, 0.2) is 0 Å². The third-order valence-corrected chi connectivity index (χ3v) is 2.79. The highest BCUT2D eigenvalue weighted by Gasteiger charge is 2.23. The fraction of sp³-hybridized carbons (Fsp3) is 0.286. The van der Waals surface area contributed by atoms with Crippen LogP contribution in [0.2, 0.25) is 0 Å². The van der Waals surface area contributed by atoms with Gasteiger partial charge in [-0.05, 0) is 26.0 Å². The number of hydrogen-bond donors (Lipinski definition) is 2. The number of benzene rings is 1. The molecule has 0 amide bonds. The maximum Gasteiger partial charge on any atom is 0.353 e. The first-order valence-corrected chi connectivity index (χ1v) is 6.89. The Morgan fingerprint density at radius 1 is 1.23 bits per heavy atom. The summed E-state index contributed by atoms with van der Waals surface area (Å²) in [6.07, 6.45) is 1.27. The van der Waals surface area contributed by atoms with Crippen molar-refractivity contribution >= 4 is 23.0 Å². The first-order valence-electron chi connectivity index (χ1n) is 6.89. The van der Waals surface area contributed by atoms with Gasteiger partial charge in [-0.2, -0.15) is 0 Å². The molecule has 1 aromatic heterocycles. The number of rotatable bonds is 7. The molecule has 2 aromatic rings. The number of nitro groups is 1. The quantitative estimate of drug-likeness (QED) is 0.598. The van der Waals surface area contributed by atoms with Gasteiger partial charge in [-0.15, -0.1) is 0 Å². The minimum absolute atomic E-state index is 0.114. The van der Waals surface area contributed by atoms with E-state index in [1.807, 2.05) is 26.0 Å². The molecule has 116 valence electrons. The summed E-state index contributed by atoms with van der Waals surface area (Å²) in [5.41, 5.74) is 0.407. The summed E-state index contributed by atoms with van der Waals surface area (Å²) in [4.78, 5) is 18.7. The second kappa shape index (κ2) is 7.21. The van der Waals surface area contributed by atoms with Gasteiger partial charge in [0, 0.05) is 6.54 Å². The molecule has 0 aliphatic heterocycles. The third-order valence-electron chi connectivity index (χ3n) is 2.79. The fourth-order valence-electron chi connectivity index (χ4n) is 1.92. The van der Waals surface area contributed by atoms with Crippen molar-refractivity contribution in [2.75, 3.05) is 23.8 Å². The van der Waals surface area contributed by atoms with E-state index in [-0.39, 0.29) is 17.3 Å². The van der Waals surface area contributed by atoms with Crippen molar-refractivity contribution in [1.29, 1.82) is 0 Å². The third kappa shape index (κ3) is 3.40. The van der Waals surface area contributed by atoms with E-state index in [2.05, 4.69) is 20.6 Å². The molecule has 0 spiro atoms. The van der Waals surface area contributed by atoms with E-state index < -0.39 is 4.92 Å². The van der Waals surface area contributed by atoms with Crippen molar-refractivity contribution in [3.8, 4) is 5.75 Å². The molecule has 8 heteroatoms. The van der Waals surface area contributed by atoms with Gasteiger partial charge in [0.2, 0.25) is 11.6 Å². The van der Waals surface area contributed by atoms with Crippen LogP contribution in [0.3, 0.4) is 0 Å². The van der Waals surface area contributed by atoms with Crippen molar-refractivity contribution in [2.24, 2.45) is 0 Å². The smallest absolute Gasteiger partial charge is 0.353 e. The Bertz CT molecular complexity index is 663. The zero-order valence-corrected chi connectivity index (χ0v) is 12.4. The Balaban J connectivity index is 2.41. The van der Waals surface area contributed by atoms with E-state index in [1.165, 1.54) is 6.33 Å². The highest BCUT2D eigenvalue weighted by atomic mass is 16.6. The predicted octanol–water partition coefficient (Wildman–Crippen LogP) is 2.96. The van der Waals surface area contributed by atoms with Crippen molar-refractivity contribution in [3.63, 3.8) is 0 Å². The second-order valence-electron chi connectivity index (χ2n) is 4.26. The van der Waals surface area contributed by atoms with Crippen LogP contribution < -0.4 is 15.4 Å². The van der Waals surface area contributed by atoms with Crippen LogP contribution in [-0.4, -0.2) is 28.0 Å². The maximum absolute atomic E-state index is 11.3. The molecule has 0 unspecified atom stereocenters. The number of aromatic nitrogens is 2. The fourth-order valence-corrected chi connectivity index (χ4v) is 1.92. The number of hydrogen-bond acceptors (Lipinski definition) is 7. The van der Waals surface area contributed by atoms with Crippen LogP contribution >= 0.6 is 0 Å². The molecule has 0 saturated heterocycles. The zero-order valence-electron chi connectivity index (χ0n) is 12.4. The number of nitrogens with zero attached hydrogens (tertiary/aromatic N) is 3. The lowest BCUT2D eigenvalue weighted by atomic mass is 10.3. The molecular formula is C14H17N5O3. The van der Waals surface area contributed by atoms with Gasteiger partial charge in [0.05, 0.1) is 17.2 Å². The first-order chi connectivity index (χ1) is 10.7. The predicted molar refractivity (Wildman–Crippen MR) is 83.7 cm³/mol. The monoisotopic (exact) mass is 303 g/mol. The van der Waals surface area contributed by atoms with Crippen LogP contribution in [0.1, 0.15) is 13.8 Å². The van der Waals surface area contributed by atoms with Gasteiger partial charge < -0.3 is 15.4 Å². The lowest BCUT2D eigenvalue weighted by Crippen LogP contribution is -2.08. The summed E-state index contributed by atoms with van der Waals surface area (Å²) in [7, 11) is 0. The van der Waals surface area contributed by atoms with Crippen LogP contribution in [0.25, 0.3) is 0 Å². The maximum atomic E-state index is 11.3. The number of nitrogens with one attached hydrogen (secondary N) is 2. The normalized spacial score (nSPS) is 10.1. The van der Waals surface area contributed by atoms with Gasteiger partial charge in [0.1, 0.15) is 12.1 Å². The molecule has 0 aliphatic rings. The van der Waals surface area contributed by atoms with Gasteiger partial charge in [0.25, 0.3) is 0 Å². The van der Waals surface area contributed by atoms with Gasteiger partial charge in [-0.25, -0.2) is 9.97 Å². The first kappa shape index (κ1) is 15.5.